The van der Waals surface area contributed by atoms with Gasteiger partial charge in [-0.25, -0.2) is 4.98 Å². The average Bonchev–Trinajstić information content (AvgIpc) is 3.32. The van der Waals surface area contributed by atoms with Crippen LogP contribution in [0.2, 0.25) is 0 Å². The number of carbonyl (C=O) groups is 1. The molecular weight excluding hydrogens is 346 g/mol. The first-order valence-corrected chi connectivity index (χ1v) is 11.0. The Morgan fingerprint density at radius 3 is 3.12 bits per heavy atom. The lowest BCUT2D eigenvalue weighted by atomic mass is 9.73. The van der Waals surface area contributed by atoms with Crippen molar-refractivity contribution < 1.29 is 9.53 Å². The van der Waals surface area contributed by atoms with Gasteiger partial charge in [-0.3, -0.25) is 9.69 Å². The summed E-state index contributed by atoms with van der Waals surface area (Å²) in [6, 6.07) is 0. The Morgan fingerprint density at radius 2 is 2.38 bits per heavy atom. The second-order valence-electron chi connectivity index (χ2n) is 8.69. The van der Waals surface area contributed by atoms with Crippen molar-refractivity contribution in [2.24, 2.45) is 17.8 Å². The summed E-state index contributed by atoms with van der Waals surface area (Å²) in [5.74, 6) is 1.60. The topological polar surface area (TPSA) is 54.5 Å². The second kappa shape index (κ2) is 7.21. The highest BCUT2D eigenvalue weighted by atomic mass is 32.1. The first-order valence-electron chi connectivity index (χ1n) is 10.1. The highest BCUT2D eigenvalue weighted by Crippen LogP contribution is 2.54. The van der Waals surface area contributed by atoms with Crippen LogP contribution in [0.25, 0.3) is 0 Å². The third-order valence-electron chi connectivity index (χ3n) is 6.27. The number of likely N-dealkylation sites (tertiary alicyclic amines) is 1. The van der Waals surface area contributed by atoms with Crippen LogP contribution in [0, 0.1) is 17.8 Å². The first kappa shape index (κ1) is 18.4. The van der Waals surface area contributed by atoms with Crippen molar-refractivity contribution in [2.75, 3.05) is 19.6 Å². The van der Waals surface area contributed by atoms with E-state index in [0.29, 0.717) is 30.3 Å². The predicted molar refractivity (Wildman–Crippen MR) is 103 cm³/mol. The SMILES string of the molecule is CCc1nc(CN2C[C@@H]3[C@H](CNC(=O)CC(C)C)[C@H]4CC[C@]3(C2)O4)cs1. The van der Waals surface area contributed by atoms with Crippen molar-refractivity contribution in [2.45, 2.75) is 64.7 Å². The number of hydrogen-bond donors (Lipinski definition) is 1. The molecule has 0 unspecified atom stereocenters. The van der Waals surface area contributed by atoms with E-state index in [-0.39, 0.29) is 11.5 Å². The molecule has 5 nitrogen and oxygen atoms in total. The molecule has 1 amide bonds. The number of aryl methyl sites for hydroxylation is 1. The molecule has 1 aromatic heterocycles. The Balaban J connectivity index is 1.37. The number of rotatable bonds is 7. The number of nitrogens with zero attached hydrogens (tertiary/aromatic N) is 2. The maximum Gasteiger partial charge on any atom is 0.220 e. The van der Waals surface area contributed by atoms with Crippen LogP contribution in [0.3, 0.4) is 0 Å². The summed E-state index contributed by atoms with van der Waals surface area (Å²) in [7, 11) is 0. The van der Waals surface area contributed by atoms with Crippen LogP contribution in [0.5, 0.6) is 0 Å². The van der Waals surface area contributed by atoms with Gasteiger partial charge in [-0.1, -0.05) is 20.8 Å². The predicted octanol–water partition coefficient (Wildman–Crippen LogP) is 2.85. The van der Waals surface area contributed by atoms with Crippen LogP contribution < -0.4 is 5.32 Å². The summed E-state index contributed by atoms with van der Waals surface area (Å²) < 4.78 is 6.49. The largest absolute Gasteiger partial charge is 0.370 e. The lowest BCUT2D eigenvalue weighted by Crippen LogP contribution is -2.42. The van der Waals surface area contributed by atoms with Gasteiger partial charge in [0.15, 0.2) is 0 Å². The van der Waals surface area contributed by atoms with Gasteiger partial charge in [0.05, 0.1) is 22.4 Å². The highest BCUT2D eigenvalue weighted by Gasteiger charge is 2.62. The fraction of sp³-hybridized carbons (Fsp3) is 0.800. The molecule has 2 bridgehead atoms. The summed E-state index contributed by atoms with van der Waals surface area (Å²) in [5.41, 5.74) is 1.22. The fourth-order valence-electron chi connectivity index (χ4n) is 5.17. The van der Waals surface area contributed by atoms with Gasteiger partial charge in [-0.05, 0) is 25.2 Å². The zero-order valence-corrected chi connectivity index (χ0v) is 17.0. The van der Waals surface area contributed by atoms with E-state index in [2.05, 4.69) is 36.4 Å². The molecule has 144 valence electrons. The molecule has 6 heteroatoms. The van der Waals surface area contributed by atoms with Gasteiger partial charge in [-0.15, -0.1) is 11.3 Å². The number of hydrogen-bond acceptors (Lipinski definition) is 5. The van der Waals surface area contributed by atoms with Gasteiger partial charge < -0.3 is 10.1 Å². The number of thiazole rings is 1. The smallest absolute Gasteiger partial charge is 0.220 e. The molecule has 0 aliphatic carbocycles. The van der Waals surface area contributed by atoms with Crippen molar-refractivity contribution in [3.8, 4) is 0 Å². The van der Waals surface area contributed by atoms with E-state index < -0.39 is 0 Å². The maximum absolute atomic E-state index is 12.1. The normalized spacial score (nSPS) is 33.2. The standard InChI is InChI=1S/C20H31N3O2S/c1-4-19-22-14(11-26-19)9-23-10-16-15(8-21-18(24)7-13(2)3)17-5-6-20(16,12-23)25-17/h11,13,15-17H,4-10,12H2,1-3H3,(H,21,24)/t15-,16+,17+,20+/m0/s1. The molecule has 0 saturated carbocycles. The van der Waals surface area contributed by atoms with Crippen LogP contribution in [0.4, 0.5) is 0 Å². The number of nitrogens with one attached hydrogen (secondary N) is 1. The van der Waals surface area contributed by atoms with E-state index in [0.717, 1.165) is 39.0 Å². The van der Waals surface area contributed by atoms with E-state index in [9.17, 15) is 4.79 Å². The zero-order chi connectivity index (χ0) is 18.3. The lowest BCUT2D eigenvalue weighted by molar-refractivity contribution is -0.122. The minimum absolute atomic E-state index is 0.0295. The van der Waals surface area contributed by atoms with Crippen LogP contribution >= 0.6 is 11.3 Å². The molecule has 1 spiro atoms. The van der Waals surface area contributed by atoms with Crippen LogP contribution in [0.1, 0.15) is 50.7 Å². The van der Waals surface area contributed by atoms with E-state index in [1.165, 1.54) is 17.1 Å². The quantitative estimate of drug-likeness (QED) is 0.794. The second-order valence-corrected chi connectivity index (χ2v) is 9.63. The molecule has 4 atom stereocenters. The minimum atomic E-state index is 0.0295. The van der Waals surface area contributed by atoms with Crippen molar-refractivity contribution >= 4 is 17.2 Å². The summed E-state index contributed by atoms with van der Waals surface area (Å²) in [5, 5.41) is 6.60. The van der Waals surface area contributed by atoms with E-state index in [4.69, 9.17) is 9.72 Å². The molecule has 0 radical (unpaired) electrons. The fourth-order valence-corrected chi connectivity index (χ4v) is 5.90. The third kappa shape index (κ3) is 3.43. The molecule has 0 aromatic carbocycles. The zero-order valence-electron chi connectivity index (χ0n) is 16.2. The van der Waals surface area contributed by atoms with Crippen molar-refractivity contribution in [1.29, 1.82) is 0 Å². The van der Waals surface area contributed by atoms with Gasteiger partial charge >= 0.3 is 0 Å². The summed E-state index contributed by atoms with van der Waals surface area (Å²) in [4.78, 5) is 19.3. The van der Waals surface area contributed by atoms with Gasteiger partial charge in [0.1, 0.15) is 0 Å². The van der Waals surface area contributed by atoms with Gasteiger partial charge in [0.25, 0.3) is 0 Å². The average molecular weight is 378 g/mol. The van der Waals surface area contributed by atoms with E-state index in [1.807, 2.05) is 0 Å². The Labute approximate surface area is 160 Å². The van der Waals surface area contributed by atoms with Crippen LogP contribution in [-0.4, -0.2) is 47.1 Å². The van der Waals surface area contributed by atoms with Gasteiger partial charge in [0, 0.05) is 49.8 Å². The van der Waals surface area contributed by atoms with E-state index in [1.54, 1.807) is 11.3 Å². The molecule has 26 heavy (non-hydrogen) atoms. The van der Waals surface area contributed by atoms with Gasteiger partial charge in [0.2, 0.25) is 5.91 Å². The monoisotopic (exact) mass is 377 g/mol. The van der Waals surface area contributed by atoms with Gasteiger partial charge in [-0.2, -0.15) is 0 Å². The van der Waals surface area contributed by atoms with E-state index >= 15 is 0 Å². The molecular formula is C20H31N3O2S. The van der Waals surface area contributed by atoms with Crippen molar-refractivity contribution in [3.05, 3.63) is 16.1 Å². The van der Waals surface area contributed by atoms with Crippen molar-refractivity contribution in [3.63, 3.8) is 0 Å². The maximum atomic E-state index is 12.1. The third-order valence-corrected chi connectivity index (χ3v) is 7.31. The molecule has 4 rings (SSSR count). The lowest BCUT2D eigenvalue weighted by Gasteiger charge is -2.29. The summed E-state index contributed by atoms with van der Waals surface area (Å²) >= 11 is 1.77. The van der Waals surface area contributed by atoms with Crippen LogP contribution in [-0.2, 0) is 22.5 Å². The van der Waals surface area contributed by atoms with Crippen molar-refractivity contribution in [1.82, 2.24) is 15.2 Å². The number of amides is 1. The molecule has 4 heterocycles. The Morgan fingerprint density at radius 1 is 1.54 bits per heavy atom. The number of fused-ring (bicyclic) bond motifs is 1. The van der Waals surface area contributed by atoms with Crippen LogP contribution in [0.15, 0.2) is 5.38 Å². The molecule has 3 aliphatic heterocycles. The molecule has 3 fully saturated rings. The Hall–Kier alpha value is -0.980. The molecule has 3 saturated heterocycles. The molecule has 1 N–H and O–H groups in total. The molecule has 3 aliphatic rings. The number of carbonyl (C=O) groups excluding carboxylic acids is 1. The highest BCUT2D eigenvalue weighted by molar-refractivity contribution is 7.09. The number of aromatic nitrogens is 1. The number of ether oxygens (including phenoxy) is 1. The summed E-state index contributed by atoms with van der Waals surface area (Å²) in [6.45, 7) is 10.1. The Kier molecular flexibility index (Phi) is 5.10. The Bertz CT molecular complexity index is 661. The molecule has 1 aromatic rings. The minimum Gasteiger partial charge on any atom is -0.370 e. The summed E-state index contributed by atoms with van der Waals surface area (Å²) in [6.07, 6.45) is 4.29. The first-order chi connectivity index (χ1) is 12.5.